The summed E-state index contributed by atoms with van der Waals surface area (Å²) in [7, 11) is -2.93. The van der Waals surface area contributed by atoms with Crippen molar-refractivity contribution in [2.24, 2.45) is 4.99 Å². The molecule has 17 heavy (non-hydrogen) atoms. The van der Waals surface area contributed by atoms with Gasteiger partial charge in [0.2, 0.25) is 6.08 Å². The van der Waals surface area contributed by atoms with Gasteiger partial charge in [0, 0.05) is 18.3 Å². The highest BCUT2D eigenvalue weighted by Crippen LogP contribution is 2.17. The van der Waals surface area contributed by atoms with Crippen molar-refractivity contribution in [3.63, 3.8) is 0 Å². The van der Waals surface area contributed by atoms with E-state index in [-0.39, 0.29) is 24.5 Å². The van der Waals surface area contributed by atoms with E-state index in [1.807, 2.05) is 41.5 Å². The van der Waals surface area contributed by atoms with E-state index in [0.717, 1.165) is 0 Å². The maximum Gasteiger partial charge on any atom is 0.525 e. The number of aliphatic imine (C=N–C) groups is 1. The van der Waals surface area contributed by atoms with E-state index in [0.29, 0.717) is 0 Å². The van der Waals surface area contributed by atoms with Crippen LogP contribution in [0, 0.1) is 0 Å². The van der Waals surface area contributed by atoms with Gasteiger partial charge in [-0.25, -0.2) is 9.79 Å². The van der Waals surface area contributed by atoms with Crippen LogP contribution in [0.3, 0.4) is 0 Å². The molecule has 0 fully saturated rings. The van der Waals surface area contributed by atoms with Crippen LogP contribution in [0.4, 0.5) is 0 Å². The highest BCUT2D eigenvalue weighted by atomic mass is 28.4. The van der Waals surface area contributed by atoms with Crippen molar-refractivity contribution in [3.8, 4) is 0 Å². The summed E-state index contributed by atoms with van der Waals surface area (Å²) in [6.45, 7) is 11.4. The summed E-state index contributed by atoms with van der Waals surface area (Å²) in [4.78, 5) is 13.9. The van der Waals surface area contributed by atoms with Gasteiger partial charge in [-0.05, 0) is 41.5 Å². The smallest absolute Gasteiger partial charge is 0.370 e. The molecule has 6 heteroatoms. The Bertz CT molecular complexity index is 236. The molecule has 0 unspecified atom stereocenters. The molecule has 0 amide bonds. The van der Waals surface area contributed by atoms with Gasteiger partial charge in [-0.3, -0.25) is 0 Å². The lowest BCUT2D eigenvalue weighted by Crippen LogP contribution is -2.53. The molecule has 0 aliphatic carbocycles. The van der Waals surface area contributed by atoms with Crippen LogP contribution in [0.15, 0.2) is 4.99 Å². The largest absolute Gasteiger partial charge is 0.525 e. The molecule has 0 radical (unpaired) electrons. The Hall–Kier alpha value is -0.523. The summed E-state index contributed by atoms with van der Waals surface area (Å²) in [6.07, 6.45) is 1.51. The molecular formula is C11H23NO4Si. The van der Waals surface area contributed by atoms with Crippen molar-refractivity contribution >= 4 is 14.9 Å². The summed E-state index contributed by atoms with van der Waals surface area (Å²) in [6, 6.07) is 0. The second-order valence-corrected chi connectivity index (χ2v) is 6.98. The molecule has 0 rings (SSSR count). The number of nitrogens with zero attached hydrogens (tertiary/aromatic N) is 1. The molecule has 0 aliphatic rings. The average molecular weight is 261 g/mol. The zero-order valence-corrected chi connectivity index (χ0v) is 12.5. The van der Waals surface area contributed by atoms with E-state index < -0.39 is 8.80 Å². The van der Waals surface area contributed by atoms with E-state index >= 15 is 0 Å². The second-order valence-electron chi connectivity index (χ2n) is 4.59. The first kappa shape index (κ1) is 16.5. The Morgan fingerprint density at radius 1 is 0.941 bits per heavy atom. The molecule has 0 atom stereocenters. The van der Waals surface area contributed by atoms with Crippen LogP contribution < -0.4 is 0 Å². The first-order valence-electron chi connectivity index (χ1n) is 5.88. The highest BCUT2D eigenvalue weighted by Gasteiger charge is 2.44. The third-order valence-corrected chi connectivity index (χ3v) is 4.62. The lowest BCUT2D eigenvalue weighted by atomic mass is 10.5. The van der Waals surface area contributed by atoms with Crippen molar-refractivity contribution in [1.29, 1.82) is 0 Å². The predicted molar refractivity (Wildman–Crippen MR) is 67.4 cm³/mol. The standard InChI is InChI=1S/C11H23NO4Si/c1-9(2)14-17(8-12-7-13,15-10(3)4)16-11(5)6/h9-11H,8H2,1-6H3. The number of rotatable bonds is 8. The molecule has 0 aromatic rings. The van der Waals surface area contributed by atoms with Gasteiger partial charge >= 0.3 is 8.80 Å². The van der Waals surface area contributed by atoms with Crippen LogP contribution in [0.5, 0.6) is 0 Å². The van der Waals surface area contributed by atoms with Gasteiger partial charge in [-0.1, -0.05) is 0 Å². The van der Waals surface area contributed by atoms with Crippen LogP contribution in [0.1, 0.15) is 41.5 Å². The fourth-order valence-electron chi connectivity index (χ4n) is 1.40. The first-order chi connectivity index (χ1) is 7.81. The zero-order chi connectivity index (χ0) is 13.5. The normalized spacial score (nSPS) is 12.3. The molecule has 100 valence electrons. The molecular weight excluding hydrogens is 238 g/mol. The second kappa shape index (κ2) is 7.74. The minimum absolute atomic E-state index is 0.0407. The maximum absolute atomic E-state index is 10.3. The summed E-state index contributed by atoms with van der Waals surface area (Å²) < 4.78 is 17.4. The van der Waals surface area contributed by atoms with Crippen LogP contribution in [0.25, 0.3) is 0 Å². The lowest BCUT2D eigenvalue weighted by molar-refractivity contribution is 0.00453. The minimum atomic E-state index is -2.93. The van der Waals surface area contributed by atoms with E-state index in [1.165, 1.54) is 6.08 Å². The van der Waals surface area contributed by atoms with Gasteiger partial charge in [-0.2, -0.15) is 0 Å². The lowest BCUT2D eigenvalue weighted by Gasteiger charge is -2.32. The first-order valence-corrected chi connectivity index (χ1v) is 7.81. The molecule has 0 heterocycles. The Kier molecular flexibility index (Phi) is 7.50. The minimum Gasteiger partial charge on any atom is -0.370 e. The quantitative estimate of drug-likeness (QED) is 0.381. The summed E-state index contributed by atoms with van der Waals surface area (Å²) in [5.74, 6) is 0. The fourth-order valence-corrected chi connectivity index (χ4v) is 4.20. The number of hydrogen-bond acceptors (Lipinski definition) is 5. The van der Waals surface area contributed by atoms with Gasteiger partial charge < -0.3 is 13.3 Å². The van der Waals surface area contributed by atoms with Crippen molar-refractivity contribution in [3.05, 3.63) is 0 Å². The monoisotopic (exact) mass is 261 g/mol. The van der Waals surface area contributed by atoms with Crippen LogP contribution in [-0.2, 0) is 18.1 Å². The Morgan fingerprint density at radius 3 is 1.53 bits per heavy atom. The Labute approximate surface area is 105 Å². The van der Waals surface area contributed by atoms with Gasteiger partial charge in [-0.15, -0.1) is 0 Å². The molecule has 0 saturated heterocycles. The molecule has 0 spiro atoms. The molecule has 0 aromatic heterocycles. The summed E-state index contributed by atoms with van der Waals surface area (Å²) in [5, 5.41) is 0. The van der Waals surface area contributed by atoms with Crippen LogP contribution in [-0.4, -0.2) is 39.4 Å². The third kappa shape index (κ3) is 7.41. The van der Waals surface area contributed by atoms with Crippen LogP contribution >= 0.6 is 0 Å². The number of hydrogen-bond donors (Lipinski definition) is 0. The van der Waals surface area contributed by atoms with E-state index in [1.54, 1.807) is 0 Å². The molecule has 0 saturated carbocycles. The van der Waals surface area contributed by atoms with Gasteiger partial charge in [0.05, 0.1) is 0 Å². The average Bonchev–Trinajstić information content (AvgIpc) is 2.11. The maximum atomic E-state index is 10.3. The van der Waals surface area contributed by atoms with E-state index in [9.17, 15) is 4.79 Å². The highest BCUT2D eigenvalue weighted by molar-refractivity contribution is 6.61. The van der Waals surface area contributed by atoms with Crippen molar-refractivity contribution in [2.75, 3.05) is 6.17 Å². The SMILES string of the molecule is CC(C)O[Si](CN=C=O)(OC(C)C)OC(C)C. The fraction of sp³-hybridized carbons (Fsp3) is 0.909. The molecule has 0 aliphatic heterocycles. The van der Waals surface area contributed by atoms with Crippen molar-refractivity contribution in [2.45, 2.75) is 59.9 Å². The van der Waals surface area contributed by atoms with E-state index in [2.05, 4.69) is 4.99 Å². The van der Waals surface area contributed by atoms with Gasteiger partial charge in [0.1, 0.15) is 6.17 Å². The molecule has 0 aromatic carbocycles. The molecule has 0 bridgehead atoms. The topological polar surface area (TPSA) is 57.1 Å². The van der Waals surface area contributed by atoms with Crippen molar-refractivity contribution in [1.82, 2.24) is 0 Å². The summed E-state index contributed by atoms with van der Waals surface area (Å²) in [5.41, 5.74) is 0. The molecule has 0 N–H and O–H groups in total. The van der Waals surface area contributed by atoms with Gasteiger partial charge in [0.15, 0.2) is 0 Å². The number of carbonyl (C=O) groups excluding carboxylic acids is 1. The van der Waals surface area contributed by atoms with Crippen molar-refractivity contribution < 1.29 is 18.1 Å². The summed E-state index contributed by atoms with van der Waals surface area (Å²) >= 11 is 0. The third-order valence-electron chi connectivity index (χ3n) is 1.58. The predicted octanol–water partition coefficient (Wildman–Crippen LogP) is 2.08. The van der Waals surface area contributed by atoms with E-state index in [4.69, 9.17) is 13.3 Å². The Morgan fingerprint density at radius 2 is 1.29 bits per heavy atom. The number of isocyanates is 1. The zero-order valence-electron chi connectivity index (χ0n) is 11.5. The van der Waals surface area contributed by atoms with Crippen LogP contribution in [0.2, 0.25) is 0 Å². The molecule has 5 nitrogen and oxygen atoms in total. The Balaban J connectivity index is 4.95. The van der Waals surface area contributed by atoms with Gasteiger partial charge in [0.25, 0.3) is 0 Å².